The molecular weight excluding hydrogens is 402 g/mol. The van der Waals surface area contributed by atoms with Gasteiger partial charge in [0.1, 0.15) is 11.6 Å². The Morgan fingerprint density at radius 3 is 2.52 bits per heavy atom. The highest BCUT2D eigenvalue weighted by atomic mass is 35.5. The van der Waals surface area contributed by atoms with Crippen LogP contribution in [0.1, 0.15) is 41.3 Å². The fourth-order valence-electron chi connectivity index (χ4n) is 2.71. The minimum atomic E-state index is -0.465. The molecule has 0 radical (unpaired) electrons. The molecule has 0 aliphatic carbocycles. The van der Waals surface area contributed by atoms with E-state index in [-0.39, 0.29) is 5.57 Å². The fraction of sp³-hybridized carbons (Fsp3) is 0.174. The quantitative estimate of drug-likeness (QED) is 0.388. The number of aromatic nitrogens is 1. The van der Waals surface area contributed by atoms with Crippen molar-refractivity contribution in [2.75, 3.05) is 5.32 Å². The normalized spacial score (nSPS) is 11.3. The van der Waals surface area contributed by atoms with Gasteiger partial charge in [-0.15, -0.1) is 11.3 Å². The van der Waals surface area contributed by atoms with Crippen LogP contribution in [0.25, 0.3) is 6.08 Å². The minimum absolute atomic E-state index is 0.0387. The number of carbonyl (C=O) groups excluding carboxylic acids is 1. The lowest BCUT2D eigenvalue weighted by atomic mass is 10.0. The number of halogens is 1. The Morgan fingerprint density at radius 2 is 1.90 bits per heavy atom. The summed E-state index contributed by atoms with van der Waals surface area (Å²) in [5.41, 5.74) is 3.17. The maximum Gasteiger partial charge on any atom is 0.268 e. The van der Waals surface area contributed by atoms with Gasteiger partial charge < -0.3 is 0 Å². The molecule has 146 valence electrons. The topological polar surface area (TPSA) is 65.8 Å². The maximum absolute atomic E-state index is 12.5. The SMILES string of the molecule is CC(C)c1ccc(C=C(C#N)C(=O)Nc2ncc(Cc3ccc(Cl)cc3)s2)cc1. The Morgan fingerprint density at radius 1 is 1.21 bits per heavy atom. The van der Waals surface area contributed by atoms with E-state index in [1.807, 2.05) is 54.6 Å². The lowest BCUT2D eigenvalue weighted by Gasteiger charge is -2.05. The molecule has 0 aliphatic rings. The lowest BCUT2D eigenvalue weighted by molar-refractivity contribution is -0.112. The molecule has 0 bridgehead atoms. The largest absolute Gasteiger partial charge is 0.297 e. The molecule has 6 heteroatoms. The van der Waals surface area contributed by atoms with Crippen molar-refractivity contribution in [3.63, 3.8) is 0 Å². The Kier molecular flexibility index (Phi) is 6.82. The first-order valence-electron chi connectivity index (χ1n) is 9.17. The van der Waals surface area contributed by atoms with Crippen LogP contribution in [0.5, 0.6) is 0 Å². The molecule has 4 nitrogen and oxygen atoms in total. The molecule has 3 aromatic rings. The Balaban J connectivity index is 1.67. The van der Waals surface area contributed by atoms with E-state index in [1.54, 1.807) is 12.3 Å². The van der Waals surface area contributed by atoms with Crippen LogP contribution in [-0.4, -0.2) is 10.9 Å². The van der Waals surface area contributed by atoms with Gasteiger partial charge in [0, 0.05) is 22.5 Å². The third-order valence-corrected chi connectivity index (χ3v) is 5.51. The summed E-state index contributed by atoms with van der Waals surface area (Å²) in [5, 5.41) is 13.3. The predicted molar refractivity (Wildman–Crippen MR) is 119 cm³/mol. The van der Waals surface area contributed by atoms with Gasteiger partial charge in [0.15, 0.2) is 5.13 Å². The summed E-state index contributed by atoms with van der Waals surface area (Å²) in [7, 11) is 0. The van der Waals surface area contributed by atoms with Crippen molar-refractivity contribution >= 4 is 40.1 Å². The highest BCUT2D eigenvalue weighted by molar-refractivity contribution is 7.15. The number of thiazole rings is 1. The third-order valence-electron chi connectivity index (χ3n) is 4.34. The Bertz CT molecular complexity index is 1060. The first kappa shape index (κ1) is 20.8. The van der Waals surface area contributed by atoms with Crippen molar-refractivity contribution in [3.8, 4) is 6.07 Å². The summed E-state index contributed by atoms with van der Waals surface area (Å²) < 4.78 is 0. The number of nitrogens with one attached hydrogen (secondary N) is 1. The number of hydrogen-bond acceptors (Lipinski definition) is 4. The third kappa shape index (κ3) is 5.77. The Labute approximate surface area is 179 Å². The van der Waals surface area contributed by atoms with Gasteiger partial charge in [0.05, 0.1) is 0 Å². The van der Waals surface area contributed by atoms with Crippen LogP contribution in [-0.2, 0) is 11.2 Å². The summed E-state index contributed by atoms with van der Waals surface area (Å²) in [6, 6.07) is 17.4. The van der Waals surface area contributed by atoms with Crippen molar-refractivity contribution in [1.29, 1.82) is 5.26 Å². The number of rotatable bonds is 6. The second kappa shape index (κ2) is 9.51. The van der Waals surface area contributed by atoms with Crippen LogP contribution >= 0.6 is 22.9 Å². The van der Waals surface area contributed by atoms with Crippen LogP contribution in [0.4, 0.5) is 5.13 Å². The average molecular weight is 422 g/mol. The predicted octanol–water partition coefficient (Wildman–Crippen LogP) is 6.06. The van der Waals surface area contributed by atoms with Crippen molar-refractivity contribution < 1.29 is 4.79 Å². The van der Waals surface area contributed by atoms with Crippen LogP contribution in [0.2, 0.25) is 5.02 Å². The van der Waals surface area contributed by atoms with Crippen LogP contribution < -0.4 is 5.32 Å². The zero-order valence-corrected chi connectivity index (χ0v) is 17.7. The van der Waals surface area contributed by atoms with E-state index in [0.717, 1.165) is 16.0 Å². The smallest absolute Gasteiger partial charge is 0.268 e. The van der Waals surface area contributed by atoms with E-state index in [4.69, 9.17) is 11.6 Å². The minimum Gasteiger partial charge on any atom is -0.297 e. The molecule has 0 fully saturated rings. The molecule has 1 aromatic heterocycles. The molecule has 1 amide bonds. The van der Waals surface area contributed by atoms with Crippen molar-refractivity contribution in [2.45, 2.75) is 26.2 Å². The summed E-state index contributed by atoms with van der Waals surface area (Å²) >= 11 is 7.30. The monoisotopic (exact) mass is 421 g/mol. The molecule has 2 aromatic carbocycles. The molecule has 0 unspecified atom stereocenters. The highest BCUT2D eigenvalue weighted by Gasteiger charge is 2.12. The number of hydrogen-bond donors (Lipinski definition) is 1. The van der Waals surface area contributed by atoms with E-state index < -0.39 is 5.91 Å². The van der Waals surface area contributed by atoms with Crippen LogP contribution in [0, 0.1) is 11.3 Å². The first-order chi connectivity index (χ1) is 13.9. The standard InChI is InChI=1S/C23H20ClN3OS/c1-15(2)18-7-3-16(4-8-18)11-19(13-25)22(28)27-23-26-14-21(29-23)12-17-5-9-20(24)10-6-17/h3-11,14-15H,12H2,1-2H3,(H,26,27,28). The number of nitriles is 1. The van der Waals surface area contributed by atoms with E-state index >= 15 is 0 Å². The second-order valence-corrected chi connectivity index (χ2v) is 8.43. The number of benzene rings is 2. The second-order valence-electron chi connectivity index (χ2n) is 6.88. The van der Waals surface area contributed by atoms with Gasteiger partial charge in [-0.2, -0.15) is 5.26 Å². The number of anilines is 1. The zero-order chi connectivity index (χ0) is 20.8. The van der Waals surface area contributed by atoms with Crippen LogP contribution in [0.3, 0.4) is 0 Å². The van der Waals surface area contributed by atoms with E-state index in [0.29, 0.717) is 22.5 Å². The van der Waals surface area contributed by atoms with Gasteiger partial charge in [0.2, 0.25) is 0 Å². The average Bonchev–Trinajstić information content (AvgIpc) is 3.14. The van der Waals surface area contributed by atoms with E-state index in [9.17, 15) is 10.1 Å². The number of amides is 1. The fourth-order valence-corrected chi connectivity index (χ4v) is 3.68. The van der Waals surface area contributed by atoms with Crippen molar-refractivity contribution in [1.82, 2.24) is 4.98 Å². The van der Waals surface area contributed by atoms with Crippen molar-refractivity contribution in [2.24, 2.45) is 0 Å². The summed E-state index contributed by atoms with van der Waals surface area (Å²) in [6.45, 7) is 4.24. The molecular formula is C23H20ClN3OS. The molecule has 0 saturated carbocycles. The molecule has 0 spiro atoms. The Hall–Kier alpha value is -2.94. The van der Waals surface area contributed by atoms with Gasteiger partial charge in [-0.3, -0.25) is 10.1 Å². The summed E-state index contributed by atoms with van der Waals surface area (Å²) in [6.07, 6.45) is 4.02. The van der Waals surface area contributed by atoms with E-state index in [2.05, 4.69) is 24.1 Å². The summed E-state index contributed by atoms with van der Waals surface area (Å²) in [5.74, 6) is -0.0356. The van der Waals surface area contributed by atoms with Gasteiger partial charge in [-0.25, -0.2) is 4.98 Å². The highest BCUT2D eigenvalue weighted by Crippen LogP contribution is 2.23. The molecule has 0 atom stereocenters. The molecule has 0 saturated heterocycles. The van der Waals surface area contributed by atoms with Gasteiger partial charge >= 0.3 is 0 Å². The van der Waals surface area contributed by atoms with Gasteiger partial charge in [0.25, 0.3) is 5.91 Å². The molecule has 0 aliphatic heterocycles. The molecule has 29 heavy (non-hydrogen) atoms. The van der Waals surface area contributed by atoms with Crippen LogP contribution in [0.15, 0.2) is 60.3 Å². The molecule has 1 heterocycles. The van der Waals surface area contributed by atoms with Gasteiger partial charge in [-0.1, -0.05) is 61.8 Å². The van der Waals surface area contributed by atoms with E-state index in [1.165, 1.54) is 16.9 Å². The molecule has 1 N–H and O–H groups in total. The lowest BCUT2D eigenvalue weighted by Crippen LogP contribution is -2.13. The maximum atomic E-state index is 12.5. The molecule has 3 rings (SSSR count). The zero-order valence-electron chi connectivity index (χ0n) is 16.1. The number of carbonyl (C=O) groups is 1. The van der Waals surface area contributed by atoms with Crippen molar-refractivity contribution in [3.05, 3.63) is 86.9 Å². The van der Waals surface area contributed by atoms with Gasteiger partial charge in [-0.05, 0) is 40.8 Å². The first-order valence-corrected chi connectivity index (χ1v) is 10.4. The number of nitrogens with zero attached hydrogens (tertiary/aromatic N) is 2. The summed E-state index contributed by atoms with van der Waals surface area (Å²) in [4.78, 5) is 17.7.